The van der Waals surface area contributed by atoms with Gasteiger partial charge in [-0.25, -0.2) is 4.79 Å². The fourth-order valence-electron chi connectivity index (χ4n) is 2.44. The van der Waals surface area contributed by atoms with Crippen LogP contribution in [-0.2, 0) is 11.3 Å². The molecule has 0 aliphatic heterocycles. The molecule has 0 unspecified atom stereocenters. The van der Waals surface area contributed by atoms with Crippen LogP contribution < -0.4 is 14.8 Å². The quantitative estimate of drug-likeness (QED) is 0.746. The van der Waals surface area contributed by atoms with Crippen LogP contribution in [0.15, 0.2) is 34.8 Å². The second kappa shape index (κ2) is 8.06. The van der Waals surface area contributed by atoms with E-state index in [2.05, 4.69) is 21.2 Å². The number of carbonyl (C=O) groups excluding carboxylic acids is 1. The second-order valence-electron chi connectivity index (χ2n) is 5.17. The van der Waals surface area contributed by atoms with Crippen LogP contribution >= 0.6 is 15.9 Å². The smallest absolute Gasteiger partial charge is 0.340 e. The van der Waals surface area contributed by atoms with E-state index in [0.717, 1.165) is 21.3 Å². The van der Waals surface area contributed by atoms with Crippen molar-refractivity contribution in [1.29, 1.82) is 0 Å². The number of anilines is 1. The molecule has 0 fully saturated rings. The molecule has 0 aromatic heterocycles. The minimum Gasteiger partial charge on any atom is -0.497 e. The van der Waals surface area contributed by atoms with E-state index in [1.165, 1.54) is 7.11 Å². The first-order valence-electron chi connectivity index (χ1n) is 7.33. The van der Waals surface area contributed by atoms with E-state index in [1.807, 2.05) is 37.3 Å². The highest BCUT2D eigenvalue weighted by atomic mass is 79.9. The van der Waals surface area contributed by atoms with Gasteiger partial charge in [0.15, 0.2) is 0 Å². The lowest BCUT2D eigenvalue weighted by molar-refractivity contribution is 0.0601. The fourth-order valence-corrected chi connectivity index (χ4v) is 3.02. The highest BCUT2D eigenvalue weighted by molar-refractivity contribution is 9.10. The molecule has 0 aliphatic rings. The first kappa shape index (κ1) is 18.1. The number of nitrogens with one attached hydrogen (secondary N) is 1. The Morgan fingerprint density at radius 2 is 1.88 bits per heavy atom. The lowest BCUT2D eigenvalue weighted by Crippen LogP contribution is -2.11. The number of esters is 1. The lowest BCUT2D eigenvalue weighted by Gasteiger charge is -2.16. The molecule has 0 saturated carbocycles. The van der Waals surface area contributed by atoms with Gasteiger partial charge in [-0.3, -0.25) is 0 Å². The maximum atomic E-state index is 12.1. The monoisotopic (exact) mass is 393 g/mol. The van der Waals surface area contributed by atoms with Crippen LogP contribution in [0.3, 0.4) is 0 Å². The van der Waals surface area contributed by atoms with Gasteiger partial charge in [0, 0.05) is 22.6 Å². The second-order valence-corrected chi connectivity index (χ2v) is 6.08. The SMILES string of the molecule is COC(=O)c1c(C)cc(Br)cc1NCc1ccc(OC)cc1OC. The van der Waals surface area contributed by atoms with E-state index in [9.17, 15) is 4.79 Å². The molecule has 0 heterocycles. The Hall–Kier alpha value is -2.21. The number of rotatable bonds is 6. The summed E-state index contributed by atoms with van der Waals surface area (Å²) in [5.41, 5.74) is 3.01. The summed E-state index contributed by atoms with van der Waals surface area (Å²) in [4.78, 5) is 12.1. The molecule has 0 atom stereocenters. The summed E-state index contributed by atoms with van der Waals surface area (Å²) in [6.45, 7) is 2.36. The van der Waals surface area contributed by atoms with E-state index in [4.69, 9.17) is 14.2 Å². The van der Waals surface area contributed by atoms with E-state index in [-0.39, 0.29) is 5.97 Å². The van der Waals surface area contributed by atoms with Crippen molar-refractivity contribution in [3.63, 3.8) is 0 Å². The normalized spacial score (nSPS) is 10.2. The minimum absolute atomic E-state index is 0.371. The highest BCUT2D eigenvalue weighted by Crippen LogP contribution is 2.29. The first-order chi connectivity index (χ1) is 11.5. The van der Waals surface area contributed by atoms with Crippen molar-refractivity contribution in [2.45, 2.75) is 13.5 Å². The minimum atomic E-state index is -0.371. The zero-order valence-electron chi connectivity index (χ0n) is 14.1. The molecule has 2 rings (SSSR count). The van der Waals surface area contributed by atoms with Gasteiger partial charge in [-0.1, -0.05) is 15.9 Å². The van der Waals surface area contributed by atoms with Crippen LogP contribution in [0.2, 0.25) is 0 Å². The Bertz CT molecular complexity index is 746. The molecule has 6 heteroatoms. The summed E-state index contributed by atoms with van der Waals surface area (Å²) in [5, 5.41) is 3.29. The Morgan fingerprint density at radius 1 is 1.12 bits per heavy atom. The van der Waals surface area contributed by atoms with E-state index < -0.39 is 0 Å². The van der Waals surface area contributed by atoms with Crippen LogP contribution in [0.1, 0.15) is 21.5 Å². The predicted molar refractivity (Wildman–Crippen MR) is 97.1 cm³/mol. The average molecular weight is 394 g/mol. The number of aryl methyl sites for hydroxylation is 1. The molecule has 5 nitrogen and oxygen atoms in total. The molecular weight excluding hydrogens is 374 g/mol. The number of ether oxygens (including phenoxy) is 3. The summed E-state index contributed by atoms with van der Waals surface area (Å²) in [6, 6.07) is 9.35. The molecule has 0 spiro atoms. The third kappa shape index (κ3) is 4.00. The van der Waals surface area contributed by atoms with Crippen molar-refractivity contribution in [3.05, 3.63) is 51.5 Å². The van der Waals surface area contributed by atoms with Gasteiger partial charge in [0.05, 0.1) is 32.6 Å². The van der Waals surface area contributed by atoms with Gasteiger partial charge >= 0.3 is 5.97 Å². The van der Waals surface area contributed by atoms with Crippen molar-refractivity contribution in [1.82, 2.24) is 0 Å². The predicted octanol–water partition coefficient (Wildman–Crippen LogP) is 4.17. The number of methoxy groups -OCH3 is 3. The zero-order chi connectivity index (χ0) is 17.7. The maximum Gasteiger partial charge on any atom is 0.340 e. The van der Waals surface area contributed by atoms with Crippen molar-refractivity contribution < 1.29 is 19.0 Å². The largest absolute Gasteiger partial charge is 0.497 e. The van der Waals surface area contributed by atoms with Crippen LogP contribution in [0.5, 0.6) is 11.5 Å². The van der Waals surface area contributed by atoms with Crippen LogP contribution in [0.25, 0.3) is 0 Å². The first-order valence-corrected chi connectivity index (χ1v) is 8.12. The van der Waals surface area contributed by atoms with Crippen molar-refractivity contribution in [2.24, 2.45) is 0 Å². The summed E-state index contributed by atoms with van der Waals surface area (Å²) < 4.78 is 16.4. The lowest BCUT2D eigenvalue weighted by atomic mass is 10.1. The Morgan fingerprint density at radius 3 is 2.50 bits per heavy atom. The Kier molecular flexibility index (Phi) is 6.09. The zero-order valence-corrected chi connectivity index (χ0v) is 15.7. The molecule has 2 aromatic rings. The molecule has 0 aliphatic carbocycles. The molecule has 1 N–H and O–H groups in total. The van der Waals surface area contributed by atoms with Gasteiger partial charge in [-0.15, -0.1) is 0 Å². The number of benzene rings is 2. The van der Waals surface area contributed by atoms with Crippen molar-refractivity contribution >= 4 is 27.6 Å². The molecule has 2 aromatic carbocycles. The van der Waals surface area contributed by atoms with Gasteiger partial charge in [0.25, 0.3) is 0 Å². The molecule has 0 saturated heterocycles. The molecule has 24 heavy (non-hydrogen) atoms. The summed E-state index contributed by atoms with van der Waals surface area (Å²) >= 11 is 3.46. The van der Waals surface area contributed by atoms with E-state index >= 15 is 0 Å². The van der Waals surface area contributed by atoms with Crippen LogP contribution in [0.4, 0.5) is 5.69 Å². The summed E-state index contributed by atoms with van der Waals surface area (Å²) in [5.74, 6) is 1.07. The highest BCUT2D eigenvalue weighted by Gasteiger charge is 2.16. The molecule has 0 amide bonds. The molecular formula is C18H20BrNO4. The van der Waals surface area contributed by atoms with Gasteiger partial charge < -0.3 is 19.5 Å². The Balaban J connectivity index is 2.31. The van der Waals surface area contributed by atoms with Crippen molar-refractivity contribution in [3.8, 4) is 11.5 Å². The summed E-state index contributed by atoms with van der Waals surface area (Å²) in [7, 11) is 4.60. The fraction of sp³-hybridized carbons (Fsp3) is 0.278. The average Bonchev–Trinajstić information content (AvgIpc) is 2.58. The number of carbonyl (C=O) groups is 1. The topological polar surface area (TPSA) is 56.8 Å². The number of hydrogen-bond donors (Lipinski definition) is 1. The van der Waals surface area contributed by atoms with E-state index in [1.54, 1.807) is 14.2 Å². The van der Waals surface area contributed by atoms with E-state index in [0.29, 0.717) is 23.5 Å². The standard InChI is InChI=1S/C18H20BrNO4/c1-11-7-13(19)8-15(17(11)18(21)24-4)20-10-12-5-6-14(22-2)9-16(12)23-3/h5-9,20H,10H2,1-4H3. The van der Waals surface area contributed by atoms with Gasteiger partial charge in [0.1, 0.15) is 11.5 Å². The van der Waals surface area contributed by atoms with Crippen LogP contribution in [-0.4, -0.2) is 27.3 Å². The number of hydrogen-bond acceptors (Lipinski definition) is 5. The van der Waals surface area contributed by atoms with Crippen LogP contribution in [0, 0.1) is 6.92 Å². The molecule has 0 bridgehead atoms. The Labute approximate surface area is 150 Å². The van der Waals surface area contributed by atoms with Crippen molar-refractivity contribution in [2.75, 3.05) is 26.6 Å². The summed E-state index contributed by atoms with van der Waals surface area (Å²) in [6.07, 6.45) is 0. The molecule has 0 radical (unpaired) electrons. The van der Waals surface area contributed by atoms with Gasteiger partial charge in [-0.05, 0) is 36.8 Å². The van der Waals surface area contributed by atoms with Gasteiger partial charge in [-0.2, -0.15) is 0 Å². The maximum absolute atomic E-state index is 12.1. The molecule has 128 valence electrons. The number of halogens is 1. The third-order valence-electron chi connectivity index (χ3n) is 3.65. The third-order valence-corrected chi connectivity index (χ3v) is 4.11. The van der Waals surface area contributed by atoms with Gasteiger partial charge in [0.2, 0.25) is 0 Å².